The second-order valence-corrected chi connectivity index (χ2v) is 3.68. The maximum atomic E-state index is 10.9. The van der Waals surface area contributed by atoms with Gasteiger partial charge in [-0.2, -0.15) is 0 Å². The number of methoxy groups -OCH3 is 1. The average Bonchev–Trinajstić information content (AvgIpc) is 2.45. The third-order valence-corrected chi connectivity index (χ3v) is 2.21. The Balaban J connectivity index is 2.73. The van der Waals surface area contributed by atoms with Crippen molar-refractivity contribution in [3.05, 3.63) is 22.1 Å². The van der Waals surface area contributed by atoms with E-state index in [-0.39, 0.29) is 6.42 Å². The van der Waals surface area contributed by atoms with Crippen LogP contribution in [0.3, 0.4) is 0 Å². The summed E-state index contributed by atoms with van der Waals surface area (Å²) in [6.45, 7) is 1.80. The van der Waals surface area contributed by atoms with Gasteiger partial charge in [0.15, 0.2) is 4.67 Å². The summed E-state index contributed by atoms with van der Waals surface area (Å²) in [7, 11) is 1.28. The van der Waals surface area contributed by atoms with Gasteiger partial charge in [-0.05, 0) is 34.5 Å². The van der Waals surface area contributed by atoms with Gasteiger partial charge in [-0.3, -0.25) is 4.79 Å². The van der Waals surface area contributed by atoms with E-state index in [1.165, 1.54) is 7.11 Å². The quantitative estimate of drug-likeness (QED) is 0.846. The summed E-state index contributed by atoms with van der Waals surface area (Å²) in [5, 5.41) is 9.60. The molecule has 0 aliphatic carbocycles. The van der Waals surface area contributed by atoms with Crippen molar-refractivity contribution in [3.8, 4) is 0 Å². The third kappa shape index (κ3) is 2.59. The van der Waals surface area contributed by atoms with E-state index in [9.17, 15) is 9.90 Å². The van der Waals surface area contributed by atoms with Gasteiger partial charge in [-0.25, -0.2) is 0 Å². The molecule has 1 aromatic heterocycles. The minimum Gasteiger partial charge on any atom is -0.469 e. The van der Waals surface area contributed by atoms with Crippen LogP contribution in [0.5, 0.6) is 0 Å². The summed E-state index contributed by atoms with van der Waals surface area (Å²) < 4.78 is 10.2. The topological polar surface area (TPSA) is 59.7 Å². The molecule has 0 aliphatic rings. The van der Waals surface area contributed by atoms with Gasteiger partial charge in [-0.15, -0.1) is 0 Å². The number of rotatable bonds is 3. The maximum absolute atomic E-state index is 10.9. The van der Waals surface area contributed by atoms with Crippen LogP contribution < -0.4 is 0 Å². The highest BCUT2D eigenvalue weighted by molar-refractivity contribution is 9.10. The minimum absolute atomic E-state index is 0.0999. The number of ether oxygens (including phenoxy) is 1. The Morgan fingerprint density at radius 1 is 1.79 bits per heavy atom. The van der Waals surface area contributed by atoms with Crippen LogP contribution >= 0.6 is 15.9 Å². The molecule has 0 saturated heterocycles. The SMILES string of the molecule is COC(=O)C[C@@H](O)c1oc(Br)cc1C. The van der Waals surface area contributed by atoms with Gasteiger partial charge in [-0.1, -0.05) is 0 Å². The van der Waals surface area contributed by atoms with Crippen LogP contribution in [0.4, 0.5) is 0 Å². The lowest BCUT2D eigenvalue weighted by Gasteiger charge is -2.06. The van der Waals surface area contributed by atoms with E-state index in [0.29, 0.717) is 10.4 Å². The lowest BCUT2D eigenvalue weighted by atomic mass is 10.1. The molecule has 14 heavy (non-hydrogen) atoms. The van der Waals surface area contributed by atoms with Gasteiger partial charge in [0.2, 0.25) is 0 Å². The van der Waals surface area contributed by atoms with Crippen LogP contribution in [0.2, 0.25) is 0 Å². The lowest BCUT2D eigenvalue weighted by Crippen LogP contribution is -2.08. The van der Waals surface area contributed by atoms with E-state index in [2.05, 4.69) is 20.7 Å². The van der Waals surface area contributed by atoms with Crippen molar-refractivity contribution in [1.82, 2.24) is 0 Å². The Hall–Kier alpha value is -0.810. The zero-order chi connectivity index (χ0) is 10.7. The molecule has 0 saturated carbocycles. The number of furan rings is 1. The molecular weight excluding hydrogens is 252 g/mol. The Morgan fingerprint density at radius 3 is 2.86 bits per heavy atom. The molecular formula is C9H11BrO4. The third-order valence-electron chi connectivity index (χ3n) is 1.82. The summed E-state index contributed by atoms with van der Waals surface area (Å²) in [5.74, 6) is -0.0771. The van der Waals surface area contributed by atoms with Gasteiger partial charge in [0.05, 0.1) is 13.5 Å². The van der Waals surface area contributed by atoms with Crippen LogP contribution in [-0.2, 0) is 9.53 Å². The standard InChI is InChI=1S/C9H11BrO4/c1-5-3-7(10)14-9(5)6(11)4-8(12)13-2/h3,6,11H,4H2,1-2H3/t6-/m1/s1. The normalized spacial score (nSPS) is 12.6. The fourth-order valence-electron chi connectivity index (χ4n) is 1.12. The maximum Gasteiger partial charge on any atom is 0.308 e. The number of aryl methyl sites for hydroxylation is 1. The number of halogens is 1. The van der Waals surface area contributed by atoms with E-state index >= 15 is 0 Å². The number of esters is 1. The molecule has 1 aromatic rings. The van der Waals surface area contributed by atoms with E-state index in [4.69, 9.17) is 4.42 Å². The first-order valence-corrected chi connectivity index (χ1v) is 4.84. The Morgan fingerprint density at radius 2 is 2.43 bits per heavy atom. The smallest absolute Gasteiger partial charge is 0.308 e. The zero-order valence-corrected chi connectivity index (χ0v) is 9.50. The highest BCUT2D eigenvalue weighted by atomic mass is 79.9. The van der Waals surface area contributed by atoms with Crippen molar-refractivity contribution in [2.24, 2.45) is 0 Å². The Kier molecular flexibility index (Phi) is 3.71. The first-order chi connectivity index (χ1) is 6.54. The predicted molar refractivity (Wildman–Crippen MR) is 52.7 cm³/mol. The number of carbonyl (C=O) groups is 1. The fraction of sp³-hybridized carbons (Fsp3) is 0.444. The van der Waals surface area contributed by atoms with Crippen molar-refractivity contribution in [2.75, 3.05) is 7.11 Å². The van der Waals surface area contributed by atoms with Crippen molar-refractivity contribution >= 4 is 21.9 Å². The van der Waals surface area contributed by atoms with E-state index in [0.717, 1.165) is 5.56 Å². The van der Waals surface area contributed by atoms with Crippen molar-refractivity contribution < 1.29 is 19.1 Å². The van der Waals surface area contributed by atoms with Gasteiger partial charge in [0.1, 0.15) is 11.9 Å². The molecule has 0 spiro atoms. The molecule has 0 bridgehead atoms. The second kappa shape index (κ2) is 4.61. The summed E-state index contributed by atoms with van der Waals surface area (Å²) in [4.78, 5) is 10.9. The fourth-order valence-corrected chi connectivity index (χ4v) is 1.64. The molecule has 1 atom stereocenters. The number of aliphatic hydroxyl groups is 1. The highest BCUT2D eigenvalue weighted by Gasteiger charge is 2.19. The van der Waals surface area contributed by atoms with Crippen molar-refractivity contribution in [1.29, 1.82) is 0 Å². The molecule has 1 rings (SSSR count). The van der Waals surface area contributed by atoms with Crippen LogP contribution in [0.25, 0.3) is 0 Å². The monoisotopic (exact) mass is 262 g/mol. The lowest BCUT2D eigenvalue weighted by molar-refractivity contribution is -0.143. The van der Waals surface area contributed by atoms with Gasteiger partial charge in [0, 0.05) is 0 Å². The molecule has 0 radical (unpaired) electrons. The molecule has 5 heteroatoms. The van der Waals surface area contributed by atoms with Crippen molar-refractivity contribution in [3.63, 3.8) is 0 Å². The number of hydrogen-bond acceptors (Lipinski definition) is 4. The first-order valence-electron chi connectivity index (χ1n) is 4.05. The molecule has 4 nitrogen and oxygen atoms in total. The Labute approximate surface area is 90.0 Å². The van der Waals surface area contributed by atoms with Crippen LogP contribution in [-0.4, -0.2) is 18.2 Å². The van der Waals surface area contributed by atoms with Gasteiger partial charge < -0.3 is 14.3 Å². The molecule has 78 valence electrons. The van der Waals surface area contributed by atoms with Crippen LogP contribution in [0.15, 0.2) is 15.2 Å². The molecule has 0 fully saturated rings. The summed E-state index contributed by atoms with van der Waals surface area (Å²) in [6.07, 6.45) is -1.05. The predicted octanol–water partition coefficient (Wildman–Crippen LogP) is 1.95. The van der Waals surface area contributed by atoms with E-state index < -0.39 is 12.1 Å². The van der Waals surface area contributed by atoms with Crippen LogP contribution in [0, 0.1) is 6.92 Å². The van der Waals surface area contributed by atoms with E-state index in [1.807, 2.05) is 0 Å². The molecule has 0 aliphatic heterocycles. The summed E-state index contributed by atoms with van der Waals surface area (Å²) >= 11 is 3.14. The molecule has 1 N–H and O–H groups in total. The van der Waals surface area contributed by atoms with Crippen LogP contribution in [0.1, 0.15) is 23.8 Å². The minimum atomic E-state index is -0.950. The number of aliphatic hydroxyl groups excluding tert-OH is 1. The molecule has 0 aromatic carbocycles. The molecule has 0 unspecified atom stereocenters. The average molecular weight is 263 g/mol. The molecule has 0 amide bonds. The number of carbonyl (C=O) groups excluding carboxylic acids is 1. The first kappa shape index (κ1) is 11.3. The summed E-state index contributed by atoms with van der Waals surface area (Å²) in [6, 6.07) is 1.73. The van der Waals surface area contributed by atoms with Gasteiger partial charge >= 0.3 is 5.97 Å². The van der Waals surface area contributed by atoms with E-state index in [1.54, 1.807) is 13.0 Å². The number of hydrogen-bond donors (Lipinski definition) is 1. The summed E-state index contributed by atoms with van der Waals surface area (Å²) in [5.41, 5.74) is 0.799. The van der Waals surface area contributed by atoms with Gasteiger partial charge in [0.25, 0.3) is 0 Å². The highest BCUT2D eigenvalue weighted by Crippen LogP contribution is 2.27. The second-order valence-electron chi connectivity index (χ2n) is 2.89. The largest absolute Gasteiger partial charge is 0.469 e. The zero-order valence-electron chi connectivity index (χ0n) is 7.91. The molecule has 1 heterocycles. The van der Waals surface area contributed by atoms with Crippen molar-refractivity contribution in [2.45, 2.75) is 19.4 Å². The Bertz CT molecular complexity index is 332.